The zero-order valence-electron chi connectivity index (χ0n) is 17.2. The van der Waals surface area contributed by atoms with Crippen molar-refractivity contribution < 1.29 is 9.53 Å². The van der Waals surface area contributed by atoms with Crippen molar-refractivity contribution in [3.05, 3.63) is 88.5 Å². The zero-order valence-corrected chi connectivity index (χ0v) is 17.2. The zero-order chi connectivity index (χ0) is 20.3. The van der Waals surface area contributed by atoms with Gasteiger partial charge in [0.05, 0.1) is 0 Å². The molecule has 0 amide bonds. The predicted molar refractivity (Wildman–Crippen MR) is 116 cm³/mol. The smallest absolute Gasteiger partial charge is 0.302 e. The van der Waals surface area contributed by atoms with Crippen LogP contribution in [0.15, 0.2) is 60.7 Å². The van der Waals surface area contributed by atoms with Gasteiger partial charge in [0.15, 0.2) is 0 Å². The second-order valence-corrected chi connectivity index (χ2v) is 7.32. The van der Waals surface area contributed by atoms with Crippen molar-refractivity contribution in [1.29, 1.82) is 0 Å². The minimum atomic E-state index is -0.268. The van der Waals surface area contributed by atoms with Crippen molar-refractivity contribution in [2.45, 2.75) is 41.2 Å². The lowest BCUT2D eigenvalue weighted by atomic mass is 10.1. The van der Waals surface area contributed by atoms with Crippen LogP contribution in [-0.4, -0.2) is 5.97 Å². The molecule has 3 rings (SSSR count). The first-order valence-corrected chi connectivity index (χ1v) is 9.52. The molecule has 0 aliphatic carbocycles. The molecule has 0 saturated carbocycles. The fourth-order valence-electron chi connectivity index (χ4n) is 3.10. The number of hydrogen-bond acceptors (Lipinski definition) is 3. The number of benzene rings is 3. The lowest BCUT2D eigenvalue weighted by Crippen LogP contribution is -2.11. The third kappa shape index (κ3) is 4.42. The predicted octanol–water partition coefficient (Wildman–Crippen LogP) is 6.45. The van der Waals surface area contributed by atoms with Crippen LogP contribution in [0.3, 0.4) is 0 Å². The molecule has 0 spiro atoms. The van der Waals surface area contributed by atoms with Gasteiger partial charge in [0.25, 0.3) is 0 Å². The van der Waals surface area contributed by atoms with Crippen molar-refractivity contribution in [2.75, 3.05) is 4.90 Å². The second kappa shape index (κ2) is 8.30. The molecule has 0 aliphatic rings. The number of hydrogen-bond donors (Lipinski definition) is 0. The van der Waals surface area contributed by atoms with E-state index in [0.717, 1.165) is 22.6 Å². The Balaban J connectivity index is 2.04. The van der Waals surface area contributed by atoms with Crippen LogP contribution in [0.5, 0.6) is 0 Å². The minimum absolute atomic E-state index is 0.268. The Bertz CT molecular complexity index is 938. The van der Waals surface area contributed by atoms with Gasteiger partial charge in [0.1, 0.15) is 6.61 Å². The van der Waals surface area contributed by atoms with Gasteiger partial charge in [-0.1, -0.05) is 24.3 Å². The van der Waals surface area contributed by atoms with Gasteiger partial charge in [0, 0.05) is 24.0 Å². The highest BCUT2D eigenvalue weighted by molar-refractivity contribution is 5.77. The Hall–Kier alpha value is -3.07. The van der Waals surface area contributed by atoms with Gasteiger partial charge in [-0.15, -0.1) is 0 Å². The maximum Gasteiger partial charge on any atom is 0.302 e. The van der Waals surface area contributed by atoms with E-state index in [2.05, 4.69) is 81.1 Å². The van der Waals surface area contributed by atoms with Crippen LogP contribution in [0, 0.1) is 27.7 Å². The number of rotatable bonds is 5. The standard InChI is InChI=1S/C25H27NO2/c1-17-6-10-24(14-19(17)3)26(25-11-7-18(2)20(4)15-25)23-12-8-22(9-13-23)16-28-21(5)27/h6-15H,16H2,1-5H3. The molecule has 3 aromatic carbocycles. The molecule has 0 aromatic heterocycles. The summed E-state index contributed by atoms with van der Waals surface area (Å²) in [5, 5.41) is 0. The van der Waals surface area contributed by atoms with E-state index in [1.165, 1.54) is 29.2 Å². The highest BCUT2D eigenvalue weighted by Gasteiger charge is 2.14. The number of esters is 1. The Morgan fingerprint density at radius 1 is 0.714 bits per heavy atom. The largest absolute Gasteiger partial charge is 0.461 e. The topological polar surface area (TPSA) is 29.5 Å². The fraction of sp³-hybridized carbons (Fsp3) is 0.240. The summed E-state index contributed by atoms with van der Waals surface area (Å²) in [5.41, 5.74) is 9.37. The third-order valence-corrected chi connectivity index (χ3v) is 5.13. The lowest BCUT2D eigenvalue weighted by Gasteiger charge is -2.27. The van der Waals surface area contributed by atoms with Gasteiger partial charge in [-0.2, -0.15) is 0 Å². The Morgan fingerprint density at radius 3 is 1.61 bits per heavy atom. The molecule has 0 aliphatic heterocycles. The average molecular weight is 373 g/mol. The van der Waals surface area contributed by atoms with Crippen molar-refractivity contribution >= 4 is 23.0 Å². The van der Waals surface area contributed by atoms with Crippen LogP contribution >= 0.6 is 0 Å². The van der Waals surface area contributed by atoms with E-state index in [0.29, 0.717) is 6.61 Å². The first kappa shape index (κ1) is 19.7. The van der Waals surface area contributed by atoms with Gasteiger partial charge >= 0.3 is 5.97 Å². The molecule has 0 radical (unpaired) electrons. The monoisotopic (exact) mass is 373 g/mol. The molecule has 0 heterocycles. The fourth-order valence-corrected chi connectivity index (χ4v) is 3.10. The number of ether oxygens (including phenoxy) is 1. The second-order valence-electron chi connectivity index (χ2n) is 7.32. The van der Waals surface area contributed by atoms with Gasteiger partial charge in [0.2, 0.25) is 0 Å². The van der Waals surface area contributed by atoms with Gasteiger partial charge in [-0.25, -0.2) is 0 Å². The van der Waals surface area contributed by atoms with Crippen LogP contribution in [0.2, 0.25) is 0 Å². The van der Waals surface area contributed by atoms with Crippen LogP contribution in [-0.2, 0) is 16.1 Å². The summed E-state index contributed by atoms with van der Waals surface area (Å²) in [6, 6.07) is 21.2. The molecule has 3 heteroatoms. The van der Waals surface area contributed by atoms with Gasteiger partial charge < -0.3 is 9.64 Å². The molecule has 28 heavy (non-hydrogen) atoms. The maximum absolute atomic E-state index is 11.1. The molecule has 0 N–H and O–H groups in total. The summed E-state index contributed by atoms with van der Waals surface area (Å²) in [6.07, 6.45) is 0. The normalized spacial score (nSPS) is 10.6. The minimum Gasteiger partial charge on any atom is -0.461 e. The van der Waals surface area contributed by atoms with Crippen LogP contribution in [0.25, 0.3) is 0 Å². The van der Waals surface area contributed by atoms with E-state index < -0.39 is 0 Å². The van der Waals surface area contributed by atoms with Gasteiger partial charge in [-0.3, -0.25) is 4.79 Å². The molecule has 3 aromatic rings. The number of nitrogens with zero attached hydrogens (tertiary/aromatic N) is 1. The maximum atomic E-state index is 11.1. The summed E-state index contributed by atoms with van der Waals surface area (Å²) in [7, 11) is 0. The van der Waals surface area contributed by atoms with Gasteiger partial charge in [-0.05, 0) is 91.9 Å². The van der Waals surface area contributed by atoms with E-state index in [9.17, 15) is 4.79 Å². The SMILES string of the molecule is CC(=O)OCc1ccc(N(c2ccc(C)c(C)c2)c2ccc(C)c(C)c2)cc1. The molecule has 0 atom stereocenters. The average Bonchev–Trinajstić information content (AvgIpc) is 2.67. The molecule has 0 saturated heterocycles. The van der Waals surface area contributed by atoms with Crippen molar-refractivity contribution in [3.8, 4) is 0 Å². The van der Waals surface area contributed by atoms with E-state index in [4.69, 9.17) is 4.74 Å². The molecule has 144 valence electrons. The first-order chi connectivity index (χ1) is 13.3. The van der Waals surface area contributed by atoms with Crippen LogP contribution in [0.4, 0.5) is 17.1 Å². The van der Waals surface area contributed by atoms with E-state index in [-0.39, 0.29) is 5.97 Å². The third-order valence-electron chi connectivity index (χ3n) is 5.13. The lowest BCUT2D eigenvalue weighted by molar-refractivity contribution is -0.142. The van der Waals surface area contributed by atoms with Crippen LogP contribution in [0.1, 0.15) is 34.7 Å². The van der Waals surface area contributed by atoms with Crippen LogP contribution < -0.4 is 4.90 Å². The summed E-state index contributed by atoms with van der Waals surface area (Å²) in [5.74, 6) is -0.268. The number of aryl methyl sites for hydroxylation is 4. The summed E-state index contributed by atoms with van der Waals surface area (Å²) < 4.78 is 5.10. The highest BCUT2D eigenvalue weighted by Crippen LogP contribution is 2.36. The van der Waals surface area contributed by atoms with Crippen molar-refractivity contribution in [3.63, 3.8) is 0 Å². The van der Waals surface area contributed by atoms with Crippen molar-refractivity contribution in [2.24, 2.45) is 0 Å². The quantitative estimate of drug-likeness (QED) is 0.481. The molecule has 0 unspecified atom stereocenters. The molecular formula is C25H27NO2. The van der Waals surface area contributed by atoms with Crippen molar-refractivity contribution in [1.82, 2.24) is 0 Å². The number of carbonyl (C=O) groups excluding carboxylic acids is 1. The Kier molecular flexibility index (Phi) is 5.84. The van der Waals surface area contributed by atoms with E-state index in [1.807, 2.05) is 12.1 Å². The summed E-state index contributed by atoms with van der Waals surface area (Å²) >= 11 is 0. The highest BCUT2D eigenvalue weighted by atomic mass is 16.5. The molecular weight excluding hydrogens is 346 g/mol. The number of carbonyl (C=O) groups is 1. The Labute approximate surface area is 167 Å². The summed E-state index contributed by atoms with van der Waals surface area (Å²) in [6.45, 7) is 10.3. The van der Waals surface area contributed by atoms with E-state index >= 15 is 0 Å². The molecule has 0 fully saturated rings. The summed E-state index contributed by atoms with van der Waals surface area (Å²) in [4.78, 5) is 13.3. The molecule has 0 bridgehead atoms. The number of anilines is 3. The molecule has 3 nitrogen and oxygen atoms in total. The van der Waals surface area contributed by atoms with E-state index in [1.54, 1.807) is 0 Å². The Morgan fingerprint density at radius 2 is 1.18 bits per heavy atom. The first-order valence-electron chi connectivity index (χ1n) is 9.52.